The van der Waals surface area contributed by atoms with Gasteiger partial charge in [-0.25, -0.2) is 0 Å². The number of Topliss-reactive ketones (excluding diaryl/α,β-unsaturated/α-hetero) is 1. The smallest absolute Gasteiger partial charge is 0.305 e. The first-order chi connectivity index (χ1) is 13.3. The fourth-order valence-corrected chi connectivity index (χ4v) is 8.59. The summed E-state index contributed by atoms with van der Waals surface area (Å²) in [6.45, 7) is 7.35. The molecule has 0 unspecified atom stereocenters. The summed E-state index contributed by atoms with van der Waals surface area (Å²) < 4.78 is 4.86. The van der Waals surface area contributed by atoms with Crippen molar-refractivity contribution in [3.8, 4) is 0 Å². The number of carbonyl (C=O) groups excluding carboxylic acids is 2. The minimum Gasteiger partial charge on any atom is -0.469 e. The molecule has 0 aromatic rings. The monoisotopic (exact) mass is 388 g/mol. The summed E-state index contributed by atoms with van der Waals surface area (Å²) in [6.07, 6.45) is 12.6. The second-order valence-corrected chi connectivity index (χ2v) is 11.2. The van der Waals surface area contributed by atoms with Crippen LogP contribution in [0.15, 0.2) is 0 Å². The summed E-state index contributed by atoms with van der Waals surface area (Å²) >= 11 is 0. The summed E-state index contributed by atoms with van der Waals surface area (Å²) in [5.41, 5.74) is 0.691. The van der Waals surface area contributed by atoms with E-state index in [1.807, 2.05) is 0 Å². The van der Waals surface area contributed by atoms with Crippen molar-refractivity contribution >= 4 is 11.8 Å². The third kappa shape index (κ3) is 3.06. The van der Waals surface area contributed by atoms with Crippen molar-refractivity contribution in [2.24, 2.45) is 46.3 Å². The lowest BCUT2D eigenvalue weighted by Crippen LogP contribution is -2.56. The van der Waals surface area contributed by atoms with Crippen LogP contribution in [0.3, 0.4) is 0 Å². The molecular formula is C25H40O3. The van der Waals surface area contributed by atoms with E-state index < -0.39 is 0 Å². The minimum absolute atomic E-state index is 0.0889. The molecule has 4 saturated carbocycles. The van der Waals surface area contributed by atoms with Gasteiger partial charge in [0.05, 0.1) is 7.11 Å². The van der Waals surface area contributed by atoms with Crippen LogP contribution in [0.25, 0.3) is 0 Å². The molecule has 0 N–H and O–H groups in total. The highest BCUT2D eigenvalue weighted by Gasteiger charge is 2.62. The lowest BCUT2D eigenvalue weighted by atomic mass is 9.44. The minimum atomic E-state index is -0.0889. The molecule has 0 aliphatic heterocycles. The largest absolute Gasteiger partial charge is 0.469 e. The van der Waals surface area contributed by atoms with E-state index in [0.717, 1.165) is 12.8 Å². The van der Waals surface area contributed by atoms with Crippen LogP contribution in [-0.4, -0.2) is 18.9 Å². The number of methoxy groups -OCH3 is 1. The normalized spacial score (nSPS) is 46.3. The average molecular weight is 389 g/mol. The summed E-state index contributed by atoms with van der Waals surface area (Å²) in [4.78, 5) is 25.0. The first-order valence-corrected chi connectivity index (χ1v) is 11.9. The molecule has 0 heterocycles. The van der Waals surface area contributed by atoms with E-state index in [2.05, 4.69) is 20.8 Å². The number of ketones is 1. The van der Waals surface area contributed by atoms with E-state index in [1.165, 1.54) is 58.5 Å². The van der Waals surface area contributed by atoms with Crippen molar-refractivity contribution in [3.05, 3.63) is 0 Å². The van der Waals surface area contributed by atoms with Crippen LogP contribution in [0.5, 0.6) is 0 Å². The van der Waals surface area contributed by atoms with Gasteiger partial charge in [0.15, 0.2) is 0 Å². The predicted molar refractivity (Wildman–Crippen MR) is 111 cm³/mol. The van der Waals surface area contributed by atoms with Crippen LogP contribution >= 0.6 is 0 Å². The third-order valence-electron chi connectivity index (χ3n) is 10.2. The van der Waals surface area contributed by atoms with Gasteiger partial charge in [0.1, 0.15) is 5.78 Å². The lowest BCUT2D eigenvalue weighted by molar-refractivity contribution is -0.156. The Hall–Kier alpha value is -0.860. The SMILES string of the molecule is COC(=O)CC[C@H](C)[C@H]1CC[C@H]2[C@H]3C(=O)C[C@@H]4CCCC[C@]4(C)[C@H]3CC[C@]12C. The van der Waals surface area contributed by atoms with Gasteiger partial charge in [0, 0.05) is 18.8 Å². The molecule has 4 fully saturated rings. The molecule has 28 heavy (non-hydrogen) atoms. The molecule has 0 saturated heterocycles. The standard InChI is InChI=1S/C25H40O3/c1-16(8-11-22(27)28-4)18-9-10-19-23-20(12-14-25(18,19)3)24(2)13-6-5-7-17(24)15-21(23)26/h16-20,23H,5-15H2,1-4H3/t16-,17-,18+,19-,20-,23+,24-,25+/m0/s1. The fourth-order valence-electron chi connectivity index (χ4n) is 8.59. The van der Waals surface area contributed by atoms with Crippen LogP contribution in [0, 0.1) is 46.3 Å². The van der Waals surface area contributed by atoms with Crippen molar-refractivity contribution in [2.45, 2.75) is 91.4 Å². The molecular weight excluding hydrogens is 348 g/mol. The Morgan fingerprint density at radius 3 is 2.57 bits per heavy atom. The molecule has 4 aliphatic rings. The Morgan fingerprint density at radius 2 is 1.82 bits per heavy atom. The summed E-state index contributed by atoms with van der Waals surface area (Å²) in [5.74, 6) is 3.86. The average Bonchev–Trinajstić information content (AvgIpc) is 3.03. The van der Waals surface area contributed by atoms with Crippen LogP contribution in [0.1, 0.15) is 91.4 Å². The van der Waals surface area contributed by atoms with Gasteiger partial charge in [-0.15, -0.1) is 0 Å². The molecule has 4 rings (SSSR count). The van der Waals surface area contributed by atoms with E-state index in [1.54, 1.807) is 0 Å². The second-order valence-electron chi connectivity index (χ2n) is 11.2. The van der Waals surface area contributed by atoms with Crippen molar-refractivity contribution in [3.63, 3.8) is 0 Å². The first-order valence-electron chi connectivity index (χ1n) is 11.9. The molecule has 4 aliphatic carbocycles. The Balaban J connectivity index is 1.54. The predicted octanol–water partition coefficient (Wildman–Crippen LogP) is 5.80. The zero-order chi connectivity index (χ0) is 20.1. The van der Waals surface area contributed by atoms with E-state index in [9.17, 15) is 9.59 Å². The lowest BCUT2D eigenvalue weighted by Gasteiger charge is -2.60. The van der Waals surface area contributed by atoms with Crippen LogP contribution in [0.2, 0.25) is 0 Å². The van der Waals surface area contributed by atoms with Gasteiger partial charge in [-0.05, 0) is 85.4 Å². The second kappa shape index (κ2) is 7.43. The molecule has 0 radical (unpaired) electrons. The quantitative estimate of drug-likeness (QED) is 0.571. The van der Waals surface area contributed by atoms with Gasteiger partial charge in [0.25, 0.3) is 0 Å². The highest BCUT2D eigenvalue weighted by molar-refractivity contribution is 5.83. The summed E-state index contributed by atoms with van der Waals surface area (Å²) in [6, 6.07) is 0. The maximum Gasteiger partial charge on any atom is 0.305 e. The van der Waals surface area contributed by atoms with Crippen molar-refractivity contribution in [1.29, 1.82) is 0 Å². The summed E-state index contributed by atoms with van der Waals surface area (Å²) in [5, 5.41) is 0. The van der Waals surface area contributed by atoms with E-state index in [4.69, 9.17) is 4.74 Å². The number of rotatable bonds is 4. The number of ether oxygens (including phenoxy) is 1. The molecule has 0 amide bonds. The van der Waals surface area contributed by atoms with E-state index in [-0.39, 0.29) is 11.4 Å². The number of esters is 1. The van der Waals surface area contributed by atoms with Gasteiger partial charge >= 0.3 is 5.97 Å². The van der Waals surface area contributed by atoms with E-state index >= 15 is 0 Å². The number of hydrogen-bond acceptors (Lipinski definition) is 3. The van der Waals surface area contributed by atoms with Gasteiger partial charge in [-0.1, -0.05) is 33.6 Å². The number of fused-ring (bicyclic) bond motifs is 5. The van der Waals surface area contributed by atoms with Crippen LogP contribution in [-0.2, 0) is 14.3 Å². The van der Waals surface area contributed by atoms with Crippen LogP contribution in [0.4, 0.5) is 0 Å². The highest BCUT2D eigenvalue weighted by Crippen LogP contribution is 2.67. The van der Waals surface area contributed by atoms with Gasteiger partial charge in [-0.3, -0.25) is 9.59 Å². The first kappa shape index (κ1) is 20.4. The molecule has 0 spiro atoms. The Morgan fingerprint density at radius 1 is 1.07 bits per heavy atom. The molecule has 8 atom stereocenters. The van der Waals surface area contributed by atoms with Crippen LogP contribution < -0.4 is 0 Å². The summed E-state index contributed by atoms with van der Waals surface area (Å²) in [7, 11) is 1.48. The Kier molecular flexibility index (Phi) is 5.42. The van der Waals surface area contributed by atoms with Crippen molar-refractivity contribution in [1.82, 2.24) is 0 Å². The molecule has 158 valence electrons. The third-order valence-corrected chi connectivity index (χ3v) is 10.2. The Bertz CT molecular complexity index is 627. The number of carbonyl (C=O) groups is 2. The Labute approximate surface area is 171 Å². The van der Waals surface area contributed by atoms with Gasteiger partial charge in [0.2, 0.25) is 0 Å². The topological polar surface area (TPSA) is 43.4 Å². The molecule has 3 nitrogen and oxygen atoms in total. The molecule has 0 aromatic heterocycles. The van der Waals surface area contributed by atoms with Gasteiger partial charge in [-0.2, -0.15) is 0 Å². The molecule has 0 bridgehead atoms. The van der Waals surface area contributed by atoms with Crippen molar-refractivity contribution in [2.75, 3.05) is 7.11 Å². The molecule has 0 aromatic carbocycles. The number of hydrogen-bond donors (Lipinski definition) is 0. The van der Waals surface area contributed by atoms with E-state index in [0.29, 0.717) is 53.1 Å². The van der Waals surface area contributed by atoms with Gasteiger partial charge < -0.3 is 4.74 Å². The fraction of sp³-hybridized carbons (Fsp3) is 0.920. The molecule has 3 heteroatoms. The maximum absolute atomic E-state index is 13.4. The highest BCUT2D eigenvalue weighted by atomic mass is 16.5. The zero-order valence-corrected chi connectivity index (χ0v) is 18.5. The maximum atomic E-state index is 13.4. The zero-order valence-electron chi connectivity index (χ0n) is 18.5. The van der Waals surface area contributed by atoms with Crippen molar-refractivity contribution < 1.29 is 14.3 Å².